The van der Waals surface area contributed by atoms with Crippen LogP contribution in [0.5, 0.6) is 5.75 Å². The number of aromatic nitrogens is 1. The first kappa shape index (κ1) is 15.9. The second-order valence-corrected chi connectivity index (χ2v) is 6.36. The van der Waals surface area contributed by atoms with Crippen LogP contribution >= 0.6 is 0 Å². The van der Waals surface area contributed by atoms with Gasteiger partial charge in [-0.3, -0.25) is 4.79 Å². The SMILES string of the molecule is CC/C=C\CC[C@@H]1CCc2cc(=O)c3cc(OC)ccc3n2C1. The standard InChI is InChI=1S/C20H25NO2/c1-3-4-5-6-7-15-8-9-16-12-20(22)18-13-17(23-2)10-11-19(18)21(16)14-15/h4-5,10-13,15H,3,6-9,14H2,1-2H3/b5-4-/t15-/m1/s1. The number of allylic oxidation sites excluding steroid dienone is 2. The third kappa shape index (κ3) is 3.34. The largest absolute Gasteiger partial charge is 0.497 e. The van der Waals surface area contributed by atoms with Crippen LogP contribution in [0.4, 0.5) is 0 Å². The summed E-state index contributed by atoms with van der Waals surface area (Å²) in [4.78, 5) is 12.4. The molecule has 1 atom stereocenters. The van der Waals surface area contributed by atoms with Gasteiger partial charge in [0.15, 0.2) is 5.43 Å². The van der Waals surface area contributed by atoms with Crippen molar-refractivity contribution in [3.63, 3.8) is 0 Å². The van der Waals surface area contributed by atoms with E-state index in [4.69, 9.17) is 4.74 Å². The minimum Gasteiger partial charge on any atom is -0.497 e. The van der Waals surface area contributed by atoms with Crippen LogP contribution in [0.3, 0.4) is 0 Å². The topological polar surface area (TPSA) is 31.2 Å². The van der Waals surface area contributed by atoms with Crippen LogP contribution in [0.1, 0.15) is 38.3 Å². The van der Waals surface area contributed by atoms with Gasteiger partial charge in [0.2, 0.25) is 0 Å². The number of hydrogen-bond donors (Lipinski definition) is 0. The Labute approximate surface area is 137 Å². The van der Waals surface area contributed by atoms with E-state index in [1.807, 2.05) is 24.3 Å². The summed E-state index contributed by atoms with van der Waals surface area (Å²) in [6, 6.07) is 7.65. The molecule has 0 N–H and O–H groups in total. The van der Waals surface area contributed by atoms with Crippen LogP contribution < -0.4 is 10.2 Å². The molecule has 1 aliphatic heterocycles. The Kier molecular flexibility index (Phi) is 4.85. The zero-order valence-electron chi connectivity index (χ0n) is 14.0. The van der Waals surface area contributed by atoms with Crippen molar-refractivity contribution >= 4 is 10.9 Å². The van der Waals surface area contributed by atoms with Crippen molar-refractivity contribution < 1.29 is 4.74 Å². The minimum absolute atomic E-state index is 0.106. The molecule has 0 saturated heterocycles. The van der Waals surface area contributed by atoms with Crippen molar-refractivity contribution in [2.24, 2.45) is 5.92 Å². The zero-order valence-corrected chi connectivity index (χ0v) is 14.0. The molecule has 3 rings (SSSR count). The Morgan fingerprint density at radius 3 is 2.96 bits per heavy atom. The van der Waals surface area contributed by atoms with Gasteiger partial charge in [0, 0.05) is 23.7 Å². The summed E-state index contributed by atoms with van der Waals surface area (Å²) in [5, 5.41) is 0.764. The predicted octanol–water partition coefficient (Wildman–Crippen LogP) is 4.32. The lowest BCUT2D eigenvalue weighted by Crippen LogP contribution is -2.24. The summed E-state index contributed by atoms with van der Waals surface area (Å²) < 4.78 is 7.60. The lowest BCUT2D eigenvalue weighted by Gasteiger charge is -2.28. The molecule has 1 aromatic heterocycles. The number of hydrogen-bond acceptors (Lipinski definition) is 2. The molecular weight excluding hydrogens is 286 g/mol. The van der Waals surface area contributed by atoms with Gasteiger partial charge in [-0.15, -0.1) is 0 Å². The smallest absolute Gasteiger partial charge is 0.189 e. The maximum absolute atomic E-state index is 12.4. The molecule has 0 fully saturated rings. The summed E-state index contributed by atoms with van der Waals surface area (Å²) >= 11 is 0. The molecule has 0 bridgehead atoms. The molecule has 0 spiro atoms. The fourth-order valence-electron chi connectivity index (χ4n) is 3.51. The highest BCUT2D eigenvalue weighted by molar-refractivity contribution is 5.81. The van der Waals surface area contributed by atoms with Gasteiger partial charge in [0.1, 0.15) is 5.75 Å². The highest BCUT2D eigenvalue weighted by atomic mass is 16.5. The van der Waals surface area contributed by atoms with Crippen LogP contribution in [0, 0.1) is 5.92 Å². The molecule has 3 nitrogen and oxygen atoms in total. The van der Waals surface area contributed by atoms with Crippen molar-refractivity contribution in [1.82, 2.24) is 4.57 Å². The molecular formula is C20H25NO2. The minimum atomic E-state index is 0.106. The Morgan fingerprint density at radius 1 is 1.30 bits per heavy atom. The lowest BCUT2D eigenvalue weighted by molar-refractivity contribution is 0.354. The summed E-state index contributed by atoms with van der Waals surface area (Å²) in [5.41, 5.74) is 2.32. The molecule has 2 aromatic rings. The van der Waals surface area contributed by atoms with Crippen molar-refractivity contribution in [3.8, 4) is 5.75 Å². The second kappa shape index (κ2) is 7.03. The summed E-state index contributed by atoms with van der Waals surface area (Å²) in [6.07, 6.45) is 10.2. The van der Waals surface area contributed by atoms with E-state index >= 15 is 0 Å². The van der Waals surface area contributed by atoms with Crippen molar-refractivity contribution in [1.29, 1.82) is 0 Å². The van der Waals surface area contributed by atoms with Crippen LogP contribution in [-0.2, 0) is 13.0 Å². The van der Waals surface area contributed by atoms with Gasteiger partial charge >= 0.3 is 0 Å². The van der Waals surface area contributed by atoms with E-state index < -0.39 is 0 Å². The van der Waals surface area contributed by atoms with Gasteiger partial charge in [-0.25, -0.2) is 0 Å². The number of nitrogens with zero attached hydrogens (tertiary/aromatic N) is 1. The van der Waals surface area contributed by atoms with E-state index in [0.29, 0.717) is 5.92 Å². The molecule has 122 valence electrons. The first-order valence-electron chi connectivity index (χ1n) is 8.58. The predicted molar refractivity (Wildman–Crippen MR) is 95.2 cm³/mol. The number of rotatable bonds is 5. The number of ether oxygens (including phenoxy) is 1. The lowest BCUT2D eigenvalue weighted by atomic mass is 9.92. The molecule has 0 radical (unpaired) electrons. The van der Waals surface area contributed by atoms with Crippen molar-refractivity contribution in [2.75, 3.05) is 7.11 Å². The maximum atomic E-state index is 12.4. The van der Waals surface area contributed by atoms with Crippen molar-refractivity contribution in [3.05, 3.63) is 52.3 Å². The van der Waals surface area contributed by atoms with Crippen molar-refractivity contribution in [2.45, 2.75) is 45.6 Å². The molecule has 2 heterocycles. The molecule has 1 aromatic carbocycles. The average Bonchev–Trinajstić information content (AvgIpc) is 2.59. The summed E-state index contributed by atoms with van der Waals surface area (Å²) in [6.45, 7) is 3.18. The number of pyridine rings is 1. The van der Waals surface area contributed by atoms with Crippen LogP contribution in [0.15, 0.2) is 41.2 Å². The molecule has 0 aliphatic carbocycles. The summed E-state index contributed by atoms with van der Waals surface area (Å²) in [5.74, 6) is 1.43. The molecule has 1 aliphatic rings. The third-order valence-corrected chi connectivity index (χ3v) is 4.80. The van der Waals surface area contributed by atoms with Gasteiger partial charge in [0.25, 0.3) is 0 Å². The number of aryl methyl sites for hydroxylation is 1. The third-order valence-electron chi connectivity index (χ3n) is 4.80. The Morgan fingerprint density at radius 2 is 2.17 bits per heavy atom. The number of fused-ring (bicyclic) bond motifs is 3. The monoisotopic (exact) mass is 311 g/mol. The maximum Gasteiger partial charge on any atom is 0.189 e. The molecule has 0 amide bonds. The van der Waals surface area contributed by atoms with Gasteiger partial charge in [0.05, 0.1) is 12.6 Å². The second-order valence-electron chi connectivity index (χ2n) is 6.36. The normalized spacial score (nSPS) is 17.6. The van der Waals surface area contributed by atoms with E-state index in [-0.39, 0.29) is 5.43 Å². The van der Waals surface area contributed by atoms with E-state index in [2.05, 4.69) is 23.6 Å². The Balaban J connectivity index is 1.90. The van der Waals surface area contributed by atoms with Gasteiger partial charge < -0.3 is 9.30 Å². The molecule has 0 unspecified atom stereocenters. The first-order valence-corrected chi connectivity index (χ1v) is 8.58. The molecule has 23 heavy (non-hydrogen) atoms. The highest BCUT2D eigenvalue weighted by Crippen LogP contribution is 2.28. The summed E-state index contributed by atoms with van der Waals surface area (Å²) in [7, 11) is 1.64. The molecule has 3 heteroatoms. The highest BCUT2D eigenvalue weighted by Gasteiger charge is 2.20. The van der Waals surface area contributed by atoms with E-state index in [1.165, 1.54) is 18.5 Å². The van der Waals surface area contributed by atoms with Crippen LogP contribution in [0.2, 0.25) is 0 Å². The van der Waals surface area contributed by atoms with Gasteiger partial charge in [-0.1, -0.05) is 19.1 Å². The van der Waals surface area contributed by atoms with Crippen LogP contribution in [0.25, 0.3) is 10.9 Å². The molecule has 0 saturated carbocycles. The van der Waals surface area contributed by atoms with Crippen LogP contribution in [-0.4, -0.2) is 11.7 Å². The van der Waals surface area contributed by atoms with Gasteiger partial charge in [-0.05, 0) is 56.2 Å². The fraction of sp³-hybridized carbons (Fsp3) is 0.450. The van der Waals surface area contributed by atoms with E-state index in [1.54, 1.807) is 7.11 Å². The Hall–Kier alpha value is -2.03. The fourth-order valence-corrected chi connectivity index (χ4v) is 3.51. The number of benzene rings is 1. The quantitative estimate of drug-likeness (QED) is 0.770. The zero-order chi connectivity index (χ0) is 16.2. The average molecular weight is 311 g/mol. The van der Waals surface area contributed by atoms with E-state index in [9.17, 15) is 4.79 Å². The van der Waals surface area contributed by atoms with E-state index in [0.717, 1.165) is 42.5 Å². The van der Waals surface area contributed by atoms with Gasteiger partial charge in [-0.2, -0.15) is 0 Å². The first-order chi connectivity index (χ1) is 11.2. The number of methoxy groups -OCH3 is 1. The Bertz CT molecular complexity index is 773.